The number of amides is 2. The average Bonchev–Trinajstić information content (AvgIpc) is 3.48. The van der Waals surface area contributed by atoms with E-state index in [1.165, 1.54) is 29.5 Å². The number of hydrogen-bond acceptors (Lipinski definition) is 5. The molecule has 1 saturated heterocycles. The molecule has 0 spiro atoms. The van der Waals surface area contributed by atoms with Gasteiger partial charge in [-0.25, -0.2) is 9.78 Å². The molecule has 2 heterocycles. The summed E-state index contributed by atoms with van der Waals surface area (Å²) in [6, 6.07) is 16.4. The van der Waals surface area contributed by atoms with Gasteiger partial charge in [0.15, 0.2) is 0 Å². The number of thiazole rings is 1. The van der Waals surface area contributed by atoms with E-state index in [4.69, 9.17) is 0 Å². The summed E-state index contributed by atoms with van der Waals surface area (Å²) < 4.78 is 39.0. The molecule has 0 aliphatic carbocycles. The van der Waals surface area contributed by atoms with Crippen molar-refractivity contribution >= 4 is 34.8 Å². The highest BCUT2D eigenvalue weighted by Gasteiger charge is 2.31. The zero-order valence-corrected chi connectivity index (χ0v) is 23.3. The van der Waals surface area contributed by atoms with Gasteiger partial charge >= 0.3 is 12.1 Å². The first kappa shape index (κ1) is 29.0. The number of anilines is 1. The van der Waals surface area contributed by atoms with E-state index in [9.17, 15) is 32.7 Å². The molecule has 1 aliphatic rings. The van der Waals surface area contributed by atoms with Crippen LogP contribution >= 0.6 is 11.3 Å². The molecule has 0 unspecified atom stereocenters. The second-order valence-corrected chi connectivity index (χ2v) is 11.0. The van der Waals surface area contributed by atoms with Crippen LogP contribution in [-0.4, -0.2) is 45.9 Å². The number of rotatable bonds is 6. The lowest BCUT2D eigenvalue weighted by Crippen LogP contribution is -2.38. The van der Waals surface area contributed by atoms with E-state index in [0.717, 1.165) is 22.7 Å². The molecule has 2 amide bonds. The Morgan fingerprint density at radius 2 is 1.67 bits per heavy atom. The third-order valence-corrected chi connectivity index (χ3v) is 8.23. The van der Waals surface area contributed by atoms with Crippen molar-refractivity contribution in [3.63, 3.8) is 0 Å². The number of carboxylic acids is 1. The van der Waals surface area contributed by atoms with Gasteiger partial charge in [-0.2, -0.15) is 13.2 Å². The van der Waals surface area contributed by atoms with Crippen LogP contribution in [0.15, 0.2) is 72.1 Å². The second kappa shape index (κ2) is 11.8. The van der Waals surface area contributed by atoms with Crippen molar-refractivity contribution in [2.75, 3.05) is 18.4 Å². The molecule has 2 N–H and O–H groups in total. The Morgan fingerprint density at radius 1 is 0.976 bits per heavy atom. The van der Waals surface area contributed by atoms with Crippen LogP contribution in [0.3, 0.4) is 0 Å². The molecule has 216 valence electrons. The summed E-state index contributed by atoms with van der Waals surface area (Å²) >= 11 is 1.34. The van der Waals surface area contributed by atoms with Gasteiger partial charge in [0.2, 0.25) is 0 Å². The van der Waals surface area contributed by atoms with Gasteiger partial charge in [0.1, 0.15) is 5.69 Å². The van der Waals surface area contributed by atoms with Crippen LogP contribution in [0.4, 0.5) is 18.9 Å². The molecule has 1 aliphatic heterocycles. The predicted octanol–water partition coefficient (Wildman–Crippen LogP) is 7.11. The fourth-order valence-electron chi connectivity index (χ4n) is 4.97. The number of likely N-dealkylation sites (tertiary alicyclic amines) is 1. The summed E-state index contributed by atoms with van der Waals surface area (Å²) in [4.78, 5) is 44.1. The van der Waals surface area contributed by atoms with Gasteiger partial charge in [-0.1, -0.05) is 42.0 Å². The van der Waals surface area contributed by atoms with Crippen molar-refractivity contribution in [3.05, 3.63) is 105 Å². The smallest absolute Gasteiger partial charge is 0.416 e. The molecule has 0 saturated carbocycles. The fourth-order valence-corrected chi connectivity index (χ4v) is 5.94. The van der Waals surface area contributed by atoms with Crippen LogP contribution in [0, 0.1) is 6.92 Å². The Bertz CT molecular complexity index is 1640. The molecule has 4 aromatic rings. The van der Waals surface area contributed by atoms with Crippen molar-refractivity contribution in [1.29, 1.82) is 0 Å². The van der Waals surface area contributed by atoms with E-state index in [0.29, 0.717) is 42.6 Å². The first-order valence-electron chi connectivity index (χ1n) is 13.2. The summed E-state index contributed by atoms with van der Waals surface area (Å²) in [5, 5.41) is 14.5. The largest absolute Gasteiger partial charge is 0.478 e. The van der Waals surface area contributed by atoms with Crippen LogP contribution in [0.1, 0.15) is 66.1 Å². The van der Waals surface area contributed by atoms with E-state index in [1.54, 1.807) is 53.6 Å². The number of carboxylic acid groups (broad SMARTS) is 1. The van der Waals surface area contributed by atoms with Gasteiger partial charge in [-0.3, -0.25) is 9.59 Å². The van der Waals surface area contributed by atoms with E-state index in [2.05, 4.69) is 10.3 Å². The summed E-state index contributed by atoms with van der Waals surface area (Å²) in [5.41, 5.74) is 1.89. The minimum atomic E-state index is -4.44. The van der Waals surface area contributed by atoms with Crippen LogP contribution in [0.2, 0.25) is 0 Å². The molecular weight excluding hydrogens is 567 g/mol. The van der Waals surface area contributed by atoms with E-state index in [-0.39, 0.29) is 28.8 Å². The number of nitrogens with zero attached hydrogens (tertiary/aromatic N) is 2. The summed E-state index contributed by atoms with van der Waals surface area (Å²) in [5.74, 6) is -1.80. The summed E-state index contributed by atoms with van der Waals surface area (Å²) in [7, 11) is 0. The van der Waals surface area contributed by atoms with Gasteiger partial charge in [-0.15, -0.1) is 11.3 Å². The highest BCUT2D eigenvalue weighted by atomic mass is 32.1. The maximum Gasteiger partial charge on any atom is 0.416 e. The zero-order valence-electron chi connectivity index (χ0n) is 22.4. The molecule has 7 nitrogen and oxygen atoms in total. The van der Waals surface area contributed by atoms with Crippen molar-refractivity contribution in [1.82, 2.24) is 9.88 Å². The predicted molar refractivity (Wildman–Crippen MR) is 153 cm³/mol. The molecule has 0 atom stereocenters. The Kier molecular flexibility index (Phi) is 8.13. The third-order valence-electron chi connectivity index (χ3n) is 7.22. The highest BCUT2D eigenvalue weighted by molar-refractivity contribution is 7.10. The van der Waals surface area contributed by atoms with Crippen LogP contribution in [0.5, 0.6) is 0 Å². The standard InChI is InChI=1S/C31H26F3N3O4S/c1-18-6-11-25(24(16-18)30(40)41)35-27(38)26-17-42-28(36-26)20-12-14-37(15-13-20)29(39)23-5-3-2-4-22(23)19-7-9-21(10-8-19)31(32,33)34/h2-11,16-17,20H,12-15H2,1H3,(H,35,38)(H,40,41). The molecule has 1 aromatic heterocycles. The first-order valence-corrected chi connectivity index (χ1v) is 14.1. The number of piperidine rings is 1. The maximum atomic E-state index is 13.5. The lowest BCUT2D eigenvalue weighted by atomic mass is 9.94. The number of nitrogens with one attached hydrogen (secondary N) is 1. The number of aromatic carboxylic acids is 1. The van der Waals surface area contributed by atoms with E-state index < -0.39 is 23.6 Å². The number of carbonyl (C=O) groups excluding carboxylic acids is 2. The topological polar surface area (TPSA) is 99.6 Å². The molecular formula is C31H26F3N3O4S. The lowest BCUT2D eigenvalue weighted by molar-refractivity contribution is -0.137. The average molecular weight is 594 g/mol. The Hall–Kier alpha value is -4.51. The number of hydrogen-bond donors (Lipinski definition) is 2. The molecule has 5 rings (SSSR count). The van der Waals surface area contributed by atoms with Gasteiger partial charge in [0.05, 0.1) is 21.8 Å². The molecule has 0 radical (unpaired) electrons. The van der Waals surface area contributed by atoms with Gasteiger partial charge in [-0.05, 0) is 61.2 Å². The Morgan fingerprint density at radius 3 is 2.33 bits per heavy atom. The number of carbonyl (C=O) groups is 3. The lowest BCUT2D eigenvalue weighted by Gasteiger charge is -2.31. The SMILES string of the molecule is Cc1ccc(NC(=O)c2csc(C3CCN(C(=O)c4ccccc4-c4ccc(C(F)(F)F)cc4)CC3)n2)c(C(=O)O)c1. The Labute approximate surface area is 243 Å². The minimum Gasteiger partial charge on any atom is -0.478 e. The molecule has 0 bridgehead atoms. The third kappa shape index (κ3) is 6.20. The van der Waals surface area contributed by atoms with Gasteiger partial charge in [0, 0.05) is 30.0 Å². The van der Waals surface area contributed by atoms with Gasteiger partial charge < -0.3 is 15.3 Å². The monoisotopic (exact) mass is 593 g/mol. The molecule has 11 heteroatoms. The highest BCUT2D eigenvalue weighted by Crippen LogP contribution is 2.34. The number of aromatic nitrogens is 1. The van der Waals surface area contributed by atoms with Crippen molar-refractivity contribution < 1.29 is 32.7 Å². The van der Waals surface area contributed by atoms with E-state index >= 15 is 0 Å². The van der Waals surface area contributed by atoms with Crippen LogP contribution in [-0.2, 0) is 6.18 Å². The fraction of sp³-hybridized carbons (Fsp3) is 0.226. The number of alkyl halides is 3. The summed E-state index contributed by atoms with van der Waals surface area (Å²) in [6.07, 6.45) is -3.18. The van der Waals surface area contributed by atoms with E-state index in [1.807, 2.05) is 0 Å². The van der Waals surface area contributed by atoms with Crippen LogP contribution in [0.25, 0.3) is 11.1 Å². The van der Waals surface area contributed by atoms with Crippen LogP contribution < -0.4 is 5.32 Å². The molecule has 3 aromatic carbocycles. The number of halogens is 3. The Balaban J connectivity index is 1.24. The van der Waals surface area contributed by atoms with Gasteiger partial charge in [0.25, 0.3) is 11.8 Å². The molecule has 42 heavy (non-hydrogen) atoms. The normalized spacial score (nSPS) is 14.0. The molecule has 1 fully saturated rings. The number of benzene rings is 3. The van der Waals surface area contributed by atoms with Crippen molar-refractivity contribution in [2.45, 2.75) is 31.9 Å². The second-order valence-electron chi connectivity index (χ2n) is 10.1. The maximum absolute atomic E-state index is 13.5. The van der Waals surface area contributed by atoms with Crippen molar-refractivity contribution in [2.24, 2.45) is 0 Å². The summed E-state index contributed by atoms with van der Waals surface area (Å²) in [6.45, 7) is 2.68. The zero-order chi connectivity index (χ0) is 30.0. The first-order chi connectivity index (χ1) is 20.0. The number of aryl methyl sites for hydroxylation is 1. The quantitative estimate of drug-likeness (QED) is 0.248. The van der Waals surface area contributed by atoms with Crippen molar-refractivity contribution in [3.8, 4) is 11.1 Å². The minimum absolute atomic E-state index is 0.00395.